The van der Waals surface area contributed by atoms with Gasteiger partial charge in [-0.05, 0) is 41.5 Å². The molecule has 3 heterocycles. The van der Waals surface area contributed by atoms with Crippen LogP contribution in [0.5, 0.6) is 0 Å². The molecule has 1 saturated carbocycles. The van der Waals surface area contributed by atoms with Crippen LogP contribution >= 0.6 is 0 Å². The molecule has 3 unspecified atom stereocenters. The summed E-state index contributed by atoms with van der Waals surface area (Å²) in [6.45, 7) is 6.47. The van der Waals surface area contributed by atoms with Crippen LogP contribution in [0.1, 0.15) is 51.0 Å². The normalized spacial score (nSPS) is 18.9. The van der Waals surface area contributed by atoms with Crippen LogP contribution in [0.4, 0.5) is 0 Å². The number of hydrogen-bond acceptors (Lipinski definition) is 6. The lowest BCUT2D eigenvalue weighted by molar-refractivity contribution is -0.139. The molecule has 1 aliphatic carbocycles. The molecule has 5 rings (SSSR count). The summed E-state index contributed by atoms with van der Waals surface area (Å²) in [6.07, 6.45) is 6.37. The van der Waals surface area contributed by atoms with Crippen LogP contribution < -0.4 is 5.69 Å². The molecule has 192 valence electrons. The zero-order valence-corrected chi connectivity index (χ0v) is 21.2. The zero-order valence-electron chi connectivity index (χ0n) is 21.2. The van der Waals surface area contributed by atoms with Crippen molar-refractivity contribution in [3.05, 3.63) is 70.7 Å². The van der Waals surface area contributed by atoms with E-state index in [0.29, 0.717) is 12.4 Å². The molecule has 3 aromatic heterocycles. The summed E-state index contributed by atoms with van der Waals surface area (Å²) < 4.78 is 3.41. The number of carboxylic acid groups (broad SMARTS) is 1. The molecule has 0 spiro atoms. The molecule has 1 aliphatic rings. The van der Waals surface area contributed by atoms with Gasteiger partial charge in [0.15, 0.2) is 0 Å². The second-order valence-electron chi connectivity index (χ2n) is 10.00. The number of aromatic nitrogens is 7. The Morgan fingerprint density at radius 1 is 1.16 bits per heavy atom. The van der Waals surface area contributed by atoms with Crippen molar-refractivity contribution in [1.82, 2.24) is 34.7 Å². The van der Waals surface area contributed by atoms with E-state index in [1.54, 1.807) is 15.3 Å². The quantitative estimate of drug-likeness (QED) is 0.338. The fourth-order valence-electron chi connectivity index (χ4n) is 5.33. The summed E-state index contributed by atoms with van der Waals surface area (Å²) in [5, 5.41) is 24.0. The van der Waals surface area contributed by atoms with Gasteiger partial charge in [-0.1, -0.05) is 57.5 Å². The van der Waals surface area contributed by atoms with Crippen LogP contribution in [0.2, 0.25) is 0 Å². The van der Waals surface area contributed by atoms with E-state index in [1.165, 1.54) is 0 Å². The third-order valence-corrected chi connectivity index (χ3v) is 7.25. The number of imidazole rings is 1. The molecule has 10 nitrogen and oxygen atoms in total. The predicted molar refractivity (Wildman–Crippen MR) is 138 cm³/mol. The van der Waals surface area contributed by atoms with Gasteiger partial charge in [0.1, 0.15) is 0 Å². The highest BCUT2D eigenvalue weighted by atomic mass is 16.4. The molecule has 0 aliphatic heterocycles. The molecule has 2 N–H and O–H groups in total. The fourth-order valence-corrected chi connectivity index (χ4v) is 5.33. The summed E-state index contributed by atoms with van der Waals surface area (Å²) in [6, 6.07) is 11.4. The van der Waals surface area contributed by atoms with Gasteiger partial charge in [-0.2, -0.15) is 5.21 Å². The van der Waals surface area contributed by atoms with Gasteiger partial charge in [0, 0.05) is 29.2 Å². The number of unbranched alkanes of at least 4 members (excludes halogenated alkanes) is 1. The van der Waals surface area contributed by atoms with E-state index in [1.807, 2.05) is 56.4 Å². The molecule has 0 saturated heterocycles. The standard InChI is InChI=1S/C27H31N7O3/c1-4-5-8-19-15-34(24-22(16(2)3)23(24)26(35)36)27(37)33(19)14-18-12-11-17(13-28-18)20-9-6-7-10-21(20)25-29-31-32-30-25/h6-7,9-13,15-16,22-24H,4-5,8,14H2,1-3H3,(H,35,36)(H,29,30,31,32). The van der Waals surface area contributed by atoms with E-state index in [9.17, 15) is 14.7 Å². The Balaban J connectivity index is 1.44. The Kier molecular flexibility index (Phi) is 6.73. The topological polar surface area (TPSA) is 132 Å². The molecule has 10 heteroatoms. The van der Waals surface area contributed by atoms with Crippen molar-refractivity contribution >= 4 is 5.97 Å². The minimum absolute atomic E-state index is 0.0400. The number of carbonyl (C=O) groups is 1. The highest BCUT2D eigenvalue weighted by molar-refractivity contribution is 5.79. The number of tetrazole rings is 1. The molecule has 1 fully saturated rings. The van der Waals surface area contributed by atoms with Crippen molar-refractivity contribution in [2.24, 2.45) is 17.8 Å². The summed E-state index contributed by atoms with van der Waals surface area (Å²) in [4.78, 5) is 30.0. The summed E-state index contributed by atoms with van der Waals surface area (Å²) in [5.41, 5.74) is 4.19. The van der Waals surface area contributed by atoms with Crippen molar-refractivity contribution < 1.29 is 9.90 Å². The fraction of sp³-hybridized carbons (Fsp3) is 0.407. The second-order valence-corrected chi connectivity index (χ2v) is 10.00. The van der Waals surface area contributed by atoms with Gasteiger partial charge < -0.3 is 5.11 Å². The number of rotatable bonds is 10. The Morgan fingerprint density at radius 3 is 2.54 bits per heavy atom. The maximum absolute atomic E-state index is 13.5. The van der Waals surface area contributed by atoms with Gasteiger partial charge in [-0.3, -0.25) is 18.9 Å². The molecule has 0 radical (unpaired) electrons. The maximum atomic E-state index is 13.5. The van der Waals surface area contributed by atoms with Gasteiger partial charge in [-0.15, -0.1) is 10.2 Å². The SMILES string of the molecule is CCCCc1cn(C2C(C(=O)O)C2C(C)C)c(=O)n1Cc1ccc(-c2ccccc2-c2nn[nH]n2)cn1. The number of nitrogens with zero attached hydrogens (tertiary/aromatic N) is 6. The highest BCUT2D eigenvalue weighted by Gasteiger charge is 2.58. The molecule has 37 heavy (non-hydrogen) atoms. The summed E-state index contributed by atoms with van der Waals surface area (Å²) in [7, 11) is 0. The number of aromatic amines is 1. The predicted octanol–water partition coefficient (Wildman–Crippen LogP) is 3.81. The second kappa shape index (κ2) is 10.1. The van der Waals surface area contributed by atoms with Gasteiger partial charge in [-0.25, -0.2) is 4.79 Å². The van der Waals surface area contributed by atoms with E-state index in [-0.39, 0.29) is 23.6 Å². The van der Waals surface area contributed by atoms with Gasteiger partial charge in [0.2, 0.25) is 5.82 Å². The lowest BCUT2D eigenvalue weighted by atomic mass is 10.0. The van der Waals surface area contributed by atoms with Crippen LogP contribution in [-0.2, 0) is 17.8 Å². The van der Waals surface area contributed by atoms with Gasteiger partial charge in [0.25, 0.3) is 0 Å². The average molecular weight is 502 g/mol. The Bertz CT molecular complexity index is 1440. The highest BCUT2D eigenvalue weighted by Crippen LogP contribution is 2.54. The van der Waals surface area contributed by atoms with Crippen LogP contribution in [0, 0.1) is 17.8 Å². The van der Waals surface area contributed by atoms with E-state index in [0.717, 1.165) is 47.3 Å². The molecule has 0 amide bonds. The molecular weight excluding hydrogens is 470 g/mol. The number of carboxylic acids is 1. The Labute approximate surface area is 214 Å². The number of aryl methyl sites for hydroxylation is 1. The van der Waals surface area contributed by atoms with Crippen molar-refractivity contribution in [2.75, 3.05) is 0 Å². The maximum Gasteiger partial charge on any atom is 0.328 e. The lowest BCUT2D eigenvalue weighted by Crippen LogP contribution is -2.26. The van der Waals surface area contributed by atoms with E-state index in [4.69, 9.17) is 0 Å². The van der Waals surface area contributed by atoms with Gasteiger partial charge in [0.05, 0.1) is 24.2 Å². The van der Waals surface area contributed by atoms with E-state index in [2.05, 4.69) is 32.5 Å². The van der Waals surface area contributed by atoms with E-state index < -0.39 is 11.9 Å². The minimum atomic E-state index is -0.836. The first-order valence-corrected chi connectivity index (χ1v) is 12.7. The number of H-pyrrole nitrogens is 1. The zero-order chi connectivity index (χ0) is 26.1. The molecule has 0 bridgehead atoms. The molecule has 1 aromatic carbocycles. The van der Waals surface area contributed by atoms with E-state index >= 15 is 0 Å². The van der Waals surface area contributed by atoms with Crippen LogP contribution in [0.15, 0.2) is 53.6 Å². The minimum Gasteiger partial charge on any atom is -0.481 e. The third kappa shape index (κ3) is 4.71. The van der Waals surface area contributed by atoms with Crippen LogP contribution in [0.25, 0.3) is 22.5 Å². The molecular formula is C27H31N7O3. The first-order valence-electron chi connectivity index (χ1n) is 12.7. The van der Waals surface area contributed by atoms with Crippen molar-refractivity contribution in [3.8, 4) is 22.5 Å². The average Bonchev–Trinajstić information content (AvgIpc) is 3.26. The first-order chi connectivity index (χ1) is 17.9. The van der Waals surface area contributed by atoms with Crippen molar-refractivity contribution in [1.29, 1.82) is 0 Å². The number of hydrogen-bond donors (Lipinski definition) is 2. The number of aliphatic carboxylic acids is 1. The third-order valence-electron chi connectivity index (χ3n) is 7.25. The van der Waals surface area contributed by atoms with Crippen LogP contribution in [-0.4, -0.2) is 45.8 Å². The largest absolute Gasteiger partial charge is 0.481 e. The molecule has 3 atom stereocenters. The first kappa shape index (κ1) is 24.6. The summed E-state index contributed by atoms with van der Waals surface area (Å²) >= 11 is 0. The van der Waals surface area contributed by atoms with Crippen LogP contribution in [0.3, 0.4) is 0 Å². The number of nitrogens with one attached hydrogen (secondary N) is 1. The molecule has 4 aromatic rings. The van der Waals surface area contributed by atoms with Crippen molar-refractivity contribution in [3.63, 3.8) is 0 Å². The Morgan fingerprint density at radius 2 is 1.95 bits per heavy atom. The monoisotopic (exact) mass is 501 g/mol. The number of benzene rings is 1. The van der Waals surface area contributed by atoms with Gasteiger partial charge >= 0.3 is 11.7 Å². The smallest absolute Gasteiger partial charge is 0.328 e. The number of pyridine rings is 1. The summed E-state index contributed by atoms with van der Waals surface area (Å²) in [5.74, 6) is -0.708. The Hall–Kier alpha value is -4.08. The van der Waals surface area contributed by atoms with Crippen molar-refractivity contribution in [2.45, 2.75) is 52.6 Å². The lowest BCUT2D eigenvalue weighted by Gasteiger charge is -2.09.